The van der Waals surface area contributed by atoms with Gasteiger partial charge < -0.3 is 11.1 Å². The van der Waals surface area contributed by atoms with Crippen molar-refractivity contribution >= 4 is 40.5 Å². The van der Waals surface area contributed by atoms with Crippen molar-refractivity contribution < 1.29 is 9.18 Å². The van der Waals surface area contributed by atoms with Gasteiger partial charge >= 0.3 is 0 Å². The molecule has 0 radical (unpaired) electrons. The molecule has 0 aromatic heterocycles. The molecule has 0 aliphatic rings. The maximum absolute atomic E-state index is 13.2. The zero-order valence-electron chi connectivity index (χ0n) is 10.5. The second-order valence-electron chi connectivity index (χ2n) is 4.11. The first-order valence-corrected chi connectivity index (χ1v) is 6.43. The molecule has 0 unspecified atom stereocenters. The first-order valence-electron chi connectivity index (χ1n) is 5.68. The van der Waals surface area contributed by atoms with Gasteiger partial charge in [0.15, 0.2) is 0 Å². The van der Waals surface area contributed by atoms with Crippen molar-refractivity contribution in [3.05, 3.63) is 57.3 Å². The van der Waals surface area contributed by atoms with E-state index in [1.807, 2.05) is 0 Å². The molecule has 2 rings (SSSR count). The van der Waals surface area contributed by atoms with Crippen LogP contribution in [0.2, 0.25) is 10.0 Å². The van der Waals surface area contributed by atoms with Crippen LogP contribution in [0.3, 0.4) is 0 Å². The minimum absolute atomic E-state index is 0.157. The number of carbonyl (C=O) groups is 1. The van der Waals surface area contributed by atoms with E-state index in [-0.39, 0.29) is 32.5 Å². The van der Waals surface area contributed by atoms with Gasteiger partial charge in [0.1, 0.15) is 11.9 Å². The Bertz CT molecular complexity index is 748. The van der Waals surface area contributed by atoms with Gasteiger partial charge in [0.05, 0.1) is 21.3 Å². The molecule has 2 aromatic rings. The van der Waals surface area contributed by atoms with E-state index in [2.05, 4.69) is 5.32 Å². The van der Waals surface area contributed by atoms with Crippen LogP contribution in [0.4, 0.5) is 15.8 Å². The molecule has 0 saturated heterocycles. The van der Waals surface area contributed by atoms with Crippen molar-refractivity contribution in [1.82, 2.24) is 0 Å². The Labute approximate surface area is 129 Å². The molecule has 0 spiro atoms. The minimum Gasteiger partial charge on any atom is -0.396 e. The highest BCUT2D eigenvalue weighted by Gasteiger charge is 2.12. The number of hydrogen-bond donors (Lipinski definition) is 2. The van der Waals surface area contributed by atoms with E-state index >= 15 is 0 Å². The summed E-state index contributed by atoms with van der Waals surface area (Å²) in [6.45, 7) is 0. The zero-order chi connectivity index (χ0) is 15.6. The van der Waals surface area contributed by atoms with Crippen LogP contribution in [0.1, 0.15) is 15.9 Å². The number of nitrogen functional groups attached to an aromatic ring is 1. The second kappa shape index (κ2) is 6.00. The van der Waals surface area contributed by atoms with Gasteiger partial charge in [0, 0.05) is 11.3 Å². The number of anilines is 2. The van der Waals surface area contributed by atoms with Gasteiger partial charge in [-0.15, -0.1) is 0 Å². The molecule has 4 nitrogen and oxygen atoms in total. The Morgan fingerprint density at radius 3 is 2.43 bits per heavy atom. The summed E-state index contributed by atoms with van der Waals surface area (Å²) in [6, 6.07) is 8.09. The van der Waals surface area contributed by atoms with E-state index in [1.54, 1.807) is 6.07 Å². The SMILES string of the molecule is N#Cc1cc(NC(=O)c2cc(Cl)c(N)c(Cl)c2)ccc1F. The van der Waals surface area contributed by atoms with Crippen molar-refractivity contribution in [2.45, 2.75) is 0 Å². The summed E-state index contributed by atoms with van der Waals surface area (Å²) in [6.07, 6.45) is 0. The number of benzene rings is 2. The summed E-state index contributed by atoms with van der Waals surface area (Å²) >= 11 is 11.7. The molecule has 0 fully saturated rings. The highest BCUT2D eigenvalue weighted by Crippen LogP contribution is 2.29. The molecule has 0 bridgehead atoms. The molecular weight excluding hydrogens is 316 g/mol. The molecule has 106 valence electrons. The van der Waals surface area contributed by atoms with Crippen molar-refractivity contribution in [1.29, 1.82) is 5.26 Å². The van der Waals surface area contributed by atoms with Crippen molar-refractivity contribution in [3.63, 3.8) is 0 Å². The standard InChI is InChI=1S/C14H8Cl2FN3O/c15-10-4-7(5-11(16)13(10)19)14(21)20-9-1-2-12(17)8(3-9)6-18/h1-5H,19H2,(H,20,21). The first kappa shape index (κ1) is 15.1. The minimum atomic E-state index is -0.658. The van der Waals surface area contributed by atoms with Crippen LogP contribution in [-0.2, 0) is 0 Å². The topological polar surface area (TPSA) is 78.9 Å². The third-order valence-electron chi connectivity index (χ3n) is 2.69. The van der Waals surface area contributed by atoms with Gasteiger partial charge in [0.2, 0.25) is 0 Å². The number of nitriles is 1. The summed E-state index contributed by atoms with van der Waals surface area (Å²) in [5, 5.41) is 11.6. The maximum atomic E-state index is 13.2. The molecule has 0 atom stereocenters. The van der Waals surface area contributed by atoms with E-state index in [0.29, 0.717) is 0 Å². The Hall–Kier alpha value is -2.29. The lowest BCUT2D eigenvalue weighted by Crippen LogP contribution is -2.12. The molecule has 0 aliphatic carbocycles. The van der Waals surface area contributed by atoms with Crippen LogP contribution in [-0.4, -0.2) is 5.91 Å². The van der Waals surface area contributed by atoms with E-state index in [9.17, 15) is 9.18 Å². The number of amides is 1. The van der Waals surface area contributed by atoms with E-state index in [4.69, 9.17) is 34.2 Å². The number of nitrogens with one attached hydrogen (secondary N) is 1. The Morgan fingerprint density at radius 1 is 1.24 bits per heavy atom. The summed E-state index contributed by atoms with van der Waals surface area (Å²) in [4.78, 5) is 12.1. The fourth-order valence-corrected chi connectivity index (χ4v) is 2.09. The van der Waals surface area contributed by atoms with Crippen molar-refractivity contribution in [2.24, 2.45) is 0 Å². The summed E-state index contributed by atoms with van der Waals surface area (Å²) in [7, 11) is 0. The highest BCUT2D eigenvalue weighted by atomic mass is 35.5. The largest absolute Gasteiger partial charge is 0.396 e. The summed E-state index contributed by atoms with van der Waals surface area (Å²) in [5.41, 5.74) is 6.08. The monoisotopic (exact) mass is 323 g/mol. The maximum Gasteiger partial charge on any atom is 0.255 e. The molecule has 2 aromatic carbocycles. The van der Waals surface area contributed by atoms with Crippen molar-refractivity contribution in [3.8, 4) is 6.07 Å². The molecule has 7 heteroatoms. The molecule has 0 saturated carbocycles. The van der Waals surface area contributed by atoms with Crippen LogP contribution in [0.25, 0.3) is 0 Å². The van der Waals surface area contributed by atoms with Gasteiger partial charge in [-0.25, -0.2) is 4.39 Å². The predicted molar refractivity (Wildman–Crippen MR) is 79.9 cm³/mol. The second-order valence-corrected chi connectivity index (χ2v) is 4.93. The highest BCUT2D eigenvalue weighted by molar-refractivity contribution is 6.39. The summed E-state index contributed by atoms with van der Waals surface area (Å²) in [5.74, 6) is -1.16. The molecule has 3 N–H and O–H groups in total. The van der Waals surface area contributed by atoms with Gasteiger partial charge in [0.25, 0.3) is 5.91 Å². The number of rotatable bonds is 2. The average molecular weight is 324 g/mol. The van der Waals surface area contributed by atoms with E-state index < -0.39 is 11.7 Å². The molecule has 0 aliphatic heterocycles. The predicted octanol–water partition coefficient (Wildman–Crippen LogP) is 3.84. The quantitative estimate of drug-likeness (QED) is 0.824. The number of hydrogen-bond acceptors (Lipinski definition) is 3. The number of nitrogens with zero attached hydrogens (tertiary/aromatic N) is 1. The van der Waals surface area contributed by atoms with Gasteiger partial charge in [-0.3, -0.25) is 4.79 Å². The normalized spacial score (nSPS) is 10.0. The lowest BCUT2D eigenvalue weighted by molar-refractivity contribution is 0.102. The molecule has 1 amide bonds. The molecule has 0 heterocycles. The summed E-state index contributed by atoms with van der Waals surface area (Å²) < 4.78 is 13.2. The number of halogens is 3. The van der Waals surface area contributed by atoms with Gasteiger partial charge in [-0.2, -0.15) is 5.26 Å². The molecular formula is C14H8Cl2FN3O. The van der Waals surface area contributed by atoms with E-state index in [0.717, 1.165) is 6.07 Å². The fraction of sp³-hybridized carbons (Fsp3) is 0. The lowest BCUT2D eigenvalue weighted by atomic mass is 10.1. The smallest absolute Gasteiger partial charge is 0.255 e. The Morgan fingerprint density at radius 2 is 1.86 bits per heavy atom. The van der Waals surface area contributed by atoms with Gasteiger partial charge in [-0.05, 0) is 30.3 Å². The van der Waals surface area contributed by atoms with Crippen molar-refractivity contribution in [2.75, 3.05) is 11.1 Å². The van der Waals surface area contributed by atoms with Crippen LogP contribution in [0.5, 0.6) is 0 Å². The Kier molecular flexibility index (Phi) is 4.32. The fourth-order valence-electron chi connectivity index (χ4n) is 1.61. The average Bonchev–Trinajstić information content (AvgIpc) is 2.46. The van der Waals surface area contributed by atoms with Crippen LogP contribution in [0.15, 0.2) is 30.3 Å². The Balaban J connectivity index is 2.28. The van der Waals surface area contributed by atoms with Gasteiger partial charge in [-0.1, -0.05) is 23.2 Å². The van der Waals surface area contributed by atoms with Crippen LogP contribution in [0, 0.1) is 17.1 Å². The van der Waals surface area contributed by atoms with Crippen LogP contribution >= 0.6 is 23.2 Å². The number of nitrogens with two attached hydrogens (primary N) is 1. The zero-order valence-corrected chi connectivity index (χ0v) is 12.0. The lowest BCUT2D eigenvalue weighted by Gasteiger charge is -2.08. The first-order chi connectivity index (χ1) is 9.92. The third kappa shape index (κ3) is 3.24. The number of carbonyl (C=O) groups excluding carboxylic acids is 1. The van der Waals surface area contributed by atoms with Crippen LogP contribution < -0.4 is 11.1 Å². The van der Waals surface area contributed by atoms with E-state index in [1.165, 1.54) is 24.3 Å². The third-order valence-corrected chi connectivity index (χ3v) is 3.31. The molecule has 21 heavy (non-hydrogen) atoms.